The topological polar surface area (TPSA) is 75.4 Å². The zero-order valence-electron chi connectivity index (χ0n) is 7.04. The van der Waals surface area contributed by atoms with Gasteiger partial charge in [0.25, 0.3) is 0 Å². The Labute approximate surface area is 70.9 Å². The molecular weight excluding hydrogens is 158 g/mol. The summed E-state index contributed by atoms with van der Waals surface area (Å²) in [4.78, 5) is 23.3. The van der Waals surface area contributed by atoms with Crippen molar-refractivity contribution in [3.63, 3.8) is 0 Å². The van der Waals surface area contributed by atoms with Gasteiger partial charge in [0.1, 0.15) is 6.04 Å². The summed E-state index contributed by atoms with van der Waals surface area (Å²) in [6.07, 6.45) is 0. The molecule has 1 aliphatic heterocycles. The first-order valence-electron chi connectivity index (χ1n) is 3.89. The summed E-state index contributed by atoms with van der Waals surface area (Å²) >= 11 is 0. The van der Waals surface area contributed by atoms with Crippen LogP contribution in [0.15, 0.2) is 0 Å². The predicted molar refractivity (Wildman–Crippen MR) is 43.2 cm³/mol. The van der Waals surface area contributed by atoms with Crippen LogP contribution >= 0.6 is 0 Å². The van der Waals surface area contributed by atoms with Crippen molar-refractivity contribution in [1.29, 1.82) is 0 Å². The molecule has 68 valence electrons. The van der Waals surface area contributed by atoms with E-state index in [0.29, 0.717) is 19.6 Å². The van der Waals surface area contributed by atoms with Crippen molar-refractivity contribution in [2.45, 2.75) is 13.0 Å². The second-order valence-electron chi connectivity index (χ2n) is 2.87. The molecule has 1 rings (SSSR count). The Morgan fingerprint density at radius 2 is 2.25 bits per heavy atom. The second kappa shape index (κ2) is 3.53. The van der Waals surface area contributed by atoms with Gasteiger partial charge in [-0.1, -0.05) is 0 Å². The lowest BCUT2D eigenvalue weighted by atomic mass is 10.2. The molecule has 1 unspecified atom stereocenters. The molecule has 5 heteroatoms. The summed E-state index contributed by atoms with van der Waals surface area (Å²) in [5.41, 5.74) is 5.09. The van der Waals surface area contributed by atoms with E-state index in [4.69, 9.17) is 5.73 Å². The van der Waals surface area contributed by atoms with Gasteiger partial charge in [0.05, 0.1) is 0 Å². The highest BCUT2D eigenvalue weighted by Crippen LogP contribution is 1.98. The summed E-state index contributed by atoms with van der Waals surface area (Å²) in [5.74, 6) is -0.413. The number of amides is 2. The van der Waals surface area contributed by atoms with Crippen LogP contribution in [0.25, 0.3) is 0 Å². The minimum atomic E-state index is -0.402. The minimum Gasteiger partial charge on any atom is -0.368 e. The third-order valence-corrected chi connectivity index (χ3v) is 1.96. The van der Waals surface area contributed by atoms with Crippen LogP contribution in [0.5, 0.6) is 0 Å². The quantitative estimate of drug-likeness (QED) is 0.493. The lowest BCUT2D eigenvalue weighted by Crippen LogP contribution is -2.57. The molecule has 0 radical (unpaired) electrons. The molecule has 3 N–H and O–H groups in total. The molecule has 1 saturated heterocycles. The molecule has 0 aliphatic carbocycles. The largest absolute Gasteiger partial charge is 0.368 e. The number of nitrogens with two attached hydrogens (primary N) is 1. The number of rotatable bonds is 1. The number of hydrogen-bond acceptors (Lipinski definition) is 3. The van der Waals surface area contributed by atoms with E-state index in [1.54, 1.807) is 4.90 Å². The van der Waals surface area contributed by atoms with Crippen molar-refractivity contribution in [3.05, 3.63) is 0 Å². The van der Waals surface area contributed by atoms with Crippen LogP contribution in [-0.4, -0.2) is 42.4 Å². The molecule has 0 bridgehead atoms. The zero-order chi connectivity index (χ0) is 9.14. The van der Waals surface area contributed by atoms with Crippen LogP contribution in [0.4, 0.5) is 0 Å². The fraction of sp³-hybridized carbons (Fsp3) is 0.714. The minimum absolute atomic E-state index is 0.0113. The van der Waals surface area contributed by atoms with Gasteiger partial charge in [0.2, 0.25) is 11.8 Å². The maximum absolute atomic E-state index is 10.9. The Hall–Kier alpha value is -1.10. The molecule has 1 aliphatic rings. The molecule has 1 atom stereocenters. The van der Waals surface area contributed by atoms with Crippen LogP contribution in [0.1, 0.15) is 6.92 Å². The number of carbonyl (C=O) groups is 2. The van der Waals surface area contributed by atoms with Gasteiger partial charge in [0.15, 0.2) is 0 Å². The van der Waals surface area contributed by atoms with Crippen molar-refractivity contribution in [1.82, 2.24) is 10.2 Å². The van der Waals surface area contributed by atoms with Gasteiger partial charge in [-0.3, -0.25) is 9.59 Å². The maximum Gasteiger partial charge on any atom is 0.236 e. The first-order chi connectivity index (χ1) is 5.61. The van der Waals surface area contributed by atoms with E-state index in [1.165, 1.54) is 6.92 Å². The van der Waals surface area contributed by atoms with Gasteiger partial charge in [-0.05, 0) is 0 Å². The highest BCUT2D eigenvalue weighted by Gasteiger charge is 2.24. The van der Waals surface area contributed by atoms with Gasteiger partial charge < -0.3 is 16.0 Å². The molecule has 1 heterocycles. The lowest BCUT2D eigenvalue weighted by molar-refractivity contribution is -0.131. The number of hydrogen-bond donors (Lipinski definition) is 2. The van der Waals surface area contributed by atoms with Crippen LogP contribution in [0, 0.1) is 0 Å². The van der Waals surface area contributed by atoms with Gasteiger partial charge in [0, 0.05) is 26.6 Å². The van der Waals surface area contributed by atoms with Crippen LogP contribution in [0.3, 0.4) is 0 Å². The molecule has 5 nitrogen and oxygen atoms in total. The highest BCUT2D eigenvalue weighted by atomic mass is 16.2. The lowest BCUT2D eigenvalue weighted by Gasteiger charge is -2.31. The van der Waals surface area contributed by atoms with Gasteiger partial charge >= 0.3 is 0 Å². The maximum atomic E-state index is 10.9. The molecule has 0 aromatic rings. The predicted octanol–water partition coefficient (Wildman–Crippen LogP) is -1.71. The van der Waals surface area contributed by atoms with E-state index in [-0.39, 0.29) is 11.9 Å². The van der Waals surface area contributed by atoms with Crippen molar-refractivity contribution < 1.29 is 9.59 Å². The van der Waals surface area contributed by atoms with E-state index in [9.17, 15) is 9.59 Å². The molecular formula is C7H13N3O2. The van der Waals surface area contributed by atoms with Gasteiger partial charge in [-0.15, -0.1) is 0 Å². The average molecular weight is 171 g/mol. The van der Waals surface area contributed by atoms with Crippen molar-refractivity contribution in [2.75, 3.05) is 19.6 Å². The third-order valence-electron chi connectivity index (χ3n) is 1.96. The van der Waals surface area contributed by atoms with E-state index >= 15 is 0 Å². The summed E-state index contributed by atoms with van der Waals surface area (Å²) in [7, 11) is 0. The Morgan fingerprint density at radius 3 is 2.75 bits per heavy atom. The van der Waals surface area contributed by atoms with Gasteiger partial charge in [-0.25, -0.2) is 0 Å². The molecule has 0 saturated carbocycles. The second-order valence-corrected chi connectivity index (χ2v) is 2.87. The molecule has 2 amide bonds. The molecule has 0 aromatic heterocycles. The van der Waals surface area contributed by atoms with E-state index in [1.807, 2.05) is 0 Å². The molecule has 1 fully saturated rings. The Morgan fingerprint density at radius 1 is 1.58 bits per heavy atom. The zero-order valence-corrected chi connectivity index (χ0v) is 7.04. The van der Waals surface area contributed by atoms with Crippen LogP contribution in [-0.2, 0) is 9.59 Å². The first-order valence-corrected chi connectivity index (χ1v) is 3.89. The fourth-order valence-electron chi connectivity index (χ4n) is 1.23. The summed E-state index contributed by atoms with van der Waals surface area (Å²) in [6.45, 7) is 3.17. The number of primary amides is 1. The molecule has 12 heavy (non-hydrogen) atoms. The van der Waals surface area contributed by atoms with E-state index in [0.717, 1.165) is 0 Å². The van der Waals surface area contributed by atoms with Crippen molar-refractivity contribution >= 4 is 11.8 Å². The fourth-order valence-corrected chi connectivity index (χ4v) is 1.23. The average Bonchev–Trinajstić information content (AvgIpc) is 2.04. The summed E-state index contributed by atoms with van der Waals surface area (Å²) in [6, 6.07) is -0.386. The Kier molecular flexibility index (Phi) is 2.65. The van der Waals surface area contributed by atoms with E-state index in [2.05, 4.69) is 5.32 Å². The van der Waals surface area contributed by atoms with Crippen LogP contribution in [0.2, 0.25) is 0 Å². The number of nitrogens with zero attached hydrogens (tertiary/aromatic N) is 1. The number of carbonyl (C=O) groups excluding carboxylic acids is 2. The first kappa shape index (κ1) is 8.99. The Bertz CT molecular complexity index is 185. The Balaban J connectivity index is 2.51. The van der Waals surface area contributed by atoms with Gasteiger partial charge in [-0.2, -0.15) is 0 Å². The normalized spacial score (nSPS) is 23.8. The van der Waals surface area contributed by atoms with E-state index < -0.39 is 5.91 Å². The SMILES string of the molecule is CC(=O)N1CCNC(C(N)=O)C1. The monoisotopic (exact) mass is 171 g/mol. The third kappa shape index (κ3) is 1.94. The number of piperazine rings is 1. The molecule has 0 spiro atoms. The highest BCUT2D eigenvalue weighted by molar-refractivity contribution is 5.81. The van der Waals surface area contributed by atoms with Crippen molar-refractivity contribution in [2.24, 2.45) is 5.73 Å². The summed E-state index contributed by atoms with van der Waals surface area (Å²) in [5, 5.41) is 2.93. The number of nitrogens with one attached hydrogen (secondary N) is 1. The smallest absolute Gasteiger partial charge is 0.236 e. The summed E-state index contributed by atoms with van der Waals surface area (Å²) < 4.78 is 0. The van der Waals surface area contributed by atoms with Crippen LogP contribution < -0.4 is 11.1 Å². The molecule has 0 aromatic carbocycles. The van der Waals surface area contributed by atoms with Crippen molar-refractivity contribution in [3.8, 4) is 0 Å². The standard InChI is InChI=1S/C7H13N3O2/c1-5(11)10-3-2-9-6(4-10)7(8)12/h6,9H,2-4H2,1H3,(H2,8,12).